The van der Waals surface area contributed by atoms with Gasteiger partial charge in [0, 0.05) is 17.9 Å². The van der Waals surface area contributed by atoms with Crippen LogP contribution in [0.25, 0.3) is 0 Å². The van der Waals surface area contributed by atoms with Crippen LogP contribution in [0.5, 0.6) is 0 Å². The second-order valence-electron chi connectivity index (χ2n) is 4.97. The van der Waals surface area contributed by atoms with Crippen LogP contribution in [0.4, 0.5) is 16.2 Å². The quantitative estimate of drug-likeness (QED) is 0.872. The third-order valence-corrected chi connectivity index (χ3v) is 3.60. The van der Waals surface area contributed by atoms with Crippen molar-refractivity contribution in [3.8, 4) is 0 Å². The lowest BCUT2D eigenvalue weighted by atomic mass is 10.1. The minimum atomic E-state index is -0.0901. The van der Waals surface area contributed by atoms with Crippen LogP contribution in [-0.4, -0.2) is 12.6 Å². The second kappa shape index (κ2) is 6.93. The Morgan fingerprint density at radius 2 is 1.76 bits per heavy atom. The molecule has 0 aromatic heterocycles. The van der Waals surface area contributed by atoms with E-state index in [9.17, 15) is 4.79 Å². The maximum Gasteiger partial charge on any atom is 0.326 e. The number of carbonyl (C=O) groups excluding carboxylic acids is 1. The number of rotatable bonds is 4. The highest BCUT2D eigenvalue weighted by molar-refractivity contribution is 6.02. The number of aryl methyl sites for hydroxylation is 2. The fourth-order valence-electron chi connectivity index (χ4n) is 2.43. The summed E-state index contributed by atoms with van der Waals surface area (Å²) in [6.07, 6.45) is 0.898. The van der Waals surface area contributed by atoms with E-state index < -0.39 is 0 Å². The molecule has 0 saturated carbocycles. The Labute approximate surface area is 126 Å². The molecule has 3 nitrogen and oxygen atoms in total. The lowest BCUT2D eigenvalue weighted by molar-refractivity contribution is 0.257. The van der Waals surface area contributed by atoms with Crippen molar-refractivity contribution in [2.24, 2.45) is 0 Å². The van der Waals surface area contributed by atoms with Gasteiger partial charge < -0.3 is 5.32 Å². The minimum Gasteiger partial charge on any atom is -0.307 e. The van der Waals surface area contributed by atoms with Gasteiger partial charge in [0.05, 0.1) is 0 Å². The van der Waals surface area contributed by atoms with Crippen LogP contribution in [0, 0.1) is 6.92 Å². The molecule has 0 bridgehead atoms. The summed E-state index contributed by atoms with van der Waals surface area (Å²) in [4.78, 5) is 14.3. The van der Waals surface area contributed by atoms with E-state index in [4.69, 9.17) is 0 Å². The summed E-state index contributed by atoms with van der Waals surface area (Å²) in [5.74, 6) is 0. The average molecular weight is 282 g/mol. The van der Waals surface area contributed by atoms with Crippen molar-refractivity contribution in [3.63, 3.8) is 0 Å². The summed E-state index contributed by atoms with van der Waals surface area (Å²) in [6.45, 7) is 6.72. The molecule has 0 radical (unpaired) electrons. The van der Waals surface area contributed by atoms with Crippen LogP contribution in [0.15, 0.2) is 48.5 Å². The second-order valence-corrected chi connectivity index (χ2v) is 4.97. The molecule has 0 aliphatic rings. The summed E-state index contributed by atoms with van der Waals surface area (Å²) in [7, 11) is 0. The van der Waals surface area contributed by atoms with E-state index in [0.717, 1.165) is 28.9 Å². The van der Waals surface area contributed by atoms with Crippen molar-refractivity contribution in [1.82, 2.24) is 0 Å². The predicted molar refractivity (Wildman–Crippen MR) is 89.0 cm³/mol. The van der Waals surface area contributed by atoms with Gasteiger partial charge in [0.2, 0.25) is 0 Å². The molecule has 0 saturated heterocycles. The first-order chi connectivity index (χ1) is 10.2. The molecule has 1 N–H and O–H groups in total. The van der Waals surface area contributed by atoms with Crippen molar-refractivity contribution < 1.29 is 4.79 Å². The highest BCUT2D eigenvalue weighted by Gasteiger charge is 2.15. The molecule has 110 valence electrons. The zero-order valence-electron chi connectivity index (χ0n) is 12.9. The standard InChI is InChI=1S/C18H22N2O/c1-4-15-11-9-10-14(3)17(15)19-18(21)20(5-2)16-12-7-6-8-13-16/h6-13H,4-5H2,1-3H3,(H,19,21). The van der Waals surface area contributed by atoms with E-state index >= 15 is 0 Å². The van der Waals surface area contributed by atoms with E-state index in [0.29, 0.717) is 6.54 Å². The number of hydrogen-bond acceptors (Lipinski definition) is 1. The first-order valence-electron chi connectivity index (χ1n) is 7.39. The van der Waals surface area contributed by atoms with Crippen molar-refractivity contribution >= 4 is 17.4 Å². The molecule has 21 heavy (non-hydrogen) atoms. The number of benzene rings is 2. The van der Waals surface area contributed by atoms with Gasteiger partial charge in [-0.2, -0.15) is 0 Å². The van der Waals surface area contributed by atoms with Crippen LogP contribution >= 0.6 is 0 Å². The van der Waals surface area contributed by atoms with Crippen molar-refractivity contribution in [2.75, 3.05) is 16.8 Å². The highest BCUT2D eigenvalue weighted by Crippen LogP contribution is 2.22. The molecule has 0 heterocycles. The topological polar surface area (TPSA) is 32.3 Å². The average Bonchev–Trinajstić information content (AvgIpc) is 2.51. The van der Waals surface area contributed by atoms with Gasteiger partial charge in [0.1, 0.15) is 0 Å². The summed E-state index contributed by atoms with van der Waals surface area (Å²) in [6, 6.07) is 15.7. The molecule has 0 fully saturated rings. The summed E-state index contributed by atoms with van der Waals surface area (Å²) in [5, 5.41) is 3.07. The number of nitrogens with one attached hydrogen (secondary N) is 1. The monoisotopic (exact) mass is 282 g/mol. The Bertz CT molecular complexity index is 608. The molecule has 0 aliphatic heterocycles. The number of para-hydroxylation sites is 2. The lowest BCUT2D eigenvalue weighted by Gasteiger charge is -2.23. The van der Waals surface area contributed by atoms with Gasteiger partial charge in [-0.15, -0.1) is 0 Å². The summed E-state index contributed by atoms with van der Waals surface area (Å²) >= 11 is 0. The Hall–Kier alpha value is -2.29. The third-order valence-electron chi connectivity index (χ3n) is 3.60. The largest absolute Gasteiger partial charge is 0.326 e. The minimum absolute atomic E-state index is 0.0901. The summed E-state index contributed by atoms with van der Waals surface area (Å²) < 4.78 is 0. The molecule has 2 aromatic carbocycles. The Morgan fingerprint density at radius 3 is 2.38 bits per heavy atom. The lowest BCUT2D eigenvalue weighted by Crippen LogP contribution is -2.35. The maximum absolute atomic E-state index is 12.6. The molecule has 0 unspecified atom stereocenters. The van der Waals surface area contributed by atoms with Gasteiger partial charge in [-0.05, 0) is 43.5 Å². The number of anilines is 2. The third kappa shape index (κ3) is 3.43. The zero-order valence-corrected chi connectivity index (χ0v) is 12.9. The zero-order chi connectivity index (χ0) is 15.2. The number of nitrogens with zero attached hydrogens (tertiary/aromatic N) is 1. The molecule has 2 rings (SSSR count). The van der Waals surface area contributed by atoms with E-state index in [-0.39, 0.29) is 6.03 Å². The fraction of sp³-hybridized carbons (Fsp3) is 0.278. The van der Waals surface area contributed by atoms with E-state index in [1.165, 1.54) is 0 Å². The number of hydrogen-bond donors (Lipinski definition) is 1. The first kappa shape index (κ1) is 15.1. The van der Waals surface area contributed by atoms with E-state index in [1.54, 1.807) is 4.90 Å². The van der Waals surface area contributed by atoms with Crippen LogP contribution < -0.4 is 10.2 Å². The number of amides is 2. The molecule has 0 spiro atoms. The van der Waals surface area contributed by atoms with E-state index in [1.807, 2.05) is 56.3 Å². The van der Waals surface area contributed by atoms with Gasteiger partial charge in [-0.3, -0.25) is 4.90 Å². The summed E-state index contributed by atoms with van der Waals surface area (Å²) in [5.41, 5.74) is 4.09. The van der Waals surface area contributed by atoms with Crippen LogP contribution in [-0.2, 0) is 6.42 Å². The molecule has 0 atom stereocenters. The Balaban J connectivity index is 2.25. The Morgan fingerprint density at radius 1 is 1.05 bits per heavy atom. The van der Waals surface area contributed by atoms with Gasteiger partial charge in [-0.25, -0.2) is 4.79 Å². The van der Waals surface area contributed by atoms with Gasteiger partial charge >= 0.3 is 6.03 Å². The maximum atomic E-state index is 12.6. The molecule has 2 aromatic rings. The van der Waals surface area contributed by atoms with Crippen molar-refractivity contribution in [2.45, 2.75) is 27.2 Å². The van der Waals surface area contributed by atoms with Crippen LogP contribution in [0.2, 0.25) is 0 Å². The van der Waals surface area contributed by atoms with Crippen LogP contribution in [0.3, 0.4) is 0 Å². The van der Waals surface area contributed by atoms with Crippen LogP contribution in [0.1, 0.15) is 25.0 Å². The molecule has 3 heteroatoms. The van der Waals surface area contributed by atoms with Gasteiger partial charge in [-0.1, -0.05) is 43.3 Å². The van der Waals surface area contributed by atoms with E-state index in [2.05, 4.69) is 18.3 Å². The smallest absolute Gasteiger partial charge is 0.307 e. The Kier molecular flexibility index (Phi) is 4.99. The molecule has 2 amide bonds. The SMILES string of the molecule is CCc1cccc(C)c1NC(=O)N(CC)c1ccccc1. The van der Waals surface area contributed by atoms with Gasteiger partial charge in [0.25, 0.3) is 0 Å². The van der Waals surface area contributed by atoms with Crippen molar-refractivity contribution in [1.29, 1.82) is 0 Å². The van der Waals surface area contributed by atoms with Crippen molar-refractivity contribution in [3.05, 3.63) is 59.7 Å². The molecular weight excluding hydrogens is 260 g/mol. The molecule has 0 aliphatic carbocycles. The number of urea groups is 1. The fourth-order valence-corrected chi connectivity index (χ4v) is 2.43. The highest BCUT2D eigenvalue weighted by atomic mass is 16.2. The number of carbonyl (C=O) groups is 1. The molecular formula is C18H22N2O. The first-order valence-corrected chi connectivity index (χ1v) is 7.39. The normalized spacial score (nSPS) is 10.2. The van der Waals surface area contributed by atoms with Gasteiger partial charge in [0.15, 0.2) is 0 Å². The predicted octanol–water partition coefficient (Wildman–Crippen LogP) is 4.62.